The zero-order valence-corrected chi connectivity index (χ0v) is 12.6. The highest BCUT2D eigenvalue weighted by Gasteiger charge is 2.12. The average molecular weight is 321 g/mol. The number of hydrogen-bond acceptors (Lipinski definition) is 3. The third-order valence-electron chi connectivity index (χ3n) is 2.95. The van der Waals surface area contributed by atoms with E-state index in [0.29, 0.717) is 23.9 Å². The number of aromatic nitrogens is 1. The van der Waals surface area contributed by atoms with Crippen LogP contribution in [0.25, 0.3) is 10.2 Å². The van der Waals surface area contributed by atoms with Gasteiger partial charge in [-0.15, -0.1) is 11.3 Å². The van der Waals surface area contributed by atoms with Crippen LogP contribution in [0.2, 0.25) is 5.02 Å². The molecule has 1 amide bonds. The van der Waals surface area contributed by atoms with Crippen molar-refractivity contribution in [1.29, 1.82) is 0 Å². The lowest BCUT2D eigenvalue weighted by Gasteiger charge is -2.06. The number of halogens is 1. The molecule has 0 saturated heterocycles. The van der Waals surface area contributed by atoms with E-state index in [1.807, 2.05) is 35.7 Å². The number of carbonyl (C=O) groups is 1. The van der Waals surface area contributed by atoms with E-state index in [1.54, 1.807) is 6.07 Å². The number of carbonyl (C=O) groups excluding carboxylic acids is 1. The predicted molar refractivity (Wildman–Crippen MR) is 85.5 cm³/mol. The zero-order valence-electron chi connectivity index (χ0n) is 11.1. The number of fused-ring (bicyclic) bond motifs is 1. The molecule has 2 aromatic heterocycles. The van der Waals surface area contributed by atoms with E-state index in [2.05, 4.69) is 10.3 Å². The van der Waals surface area contributed by atoms with Gasteiger partial charge in [0.2, 0.25) is 0 Å². The Morgan fingerprint density at radius 2 is 2.14 bits per heavy atom. The van der Waals surface area contributed by atoms with Gasteiger partial charge in [-0.05, 0) is 18.2 Å². The first kappa shape index (κ1) is 14.0. The predicted octanol–water partition coefficient (Wildman–Crippen LogP) is 3.69. The number of rotatable bonds is 5. The number of aromatic amines is 1. The van der Waals surface area contributed by atoms with Gasteiger partial charge in [0.05, 0.1) is 21.8 Å². The lowest BCUT2D eigenvalue weighted by molar-refractivity contribution is 0.0943. The summed E-state index contributed by atoms with van der Waals surface area (Å²) in [6.45, 7) is 0.861. The van der Waals surface area contributed by atoms with Crippen molar-refractivity contribution in [2.75, 3.05) is 13.2 Å². The fourth-order valence-electron chi connectivity index (χ4n) is 1.95. The van der Waals surface area contributed by atoms with Gasteiger partial charge >= 0.3 is 0 Å². The van der Waals surface area contributed by atoms with Crippen LogP contribution in [0.3, 0.4) is 0 Å². The largest absolute Gasteiger partial charge is 0.492 e. The summed E-state index contributed by atoms with van der Waals surface area (Å²) < 4.78 is 6.49. The molecule has 0 aliphatic rings. The molecule has 2 N–H and O–H groups in total. The highest BCUT2D eigenvalue weighted by atomic mass is 35.5. The molecule has 0 unspecified atom stereocenters. The van der Waals surface area contributed by atoms with E-state index >= 15 is 0 Å². The molecule has 3 aromatic rings. The number of amides is 1. The van der Waals surface area contributed by atoms with Gasteiger partial charge in [0.1, 0.15) is 18.1 Å². The third kappa shape index (κ3) is 3.20. The first-order chi connectivity index (χ1) is 10.2. The van der Waals surface area contributed by atoms with Crippen LogP contribution < -0.4 is 10.1 Å². The van der Waals surface area contributed by atoms with Gasteiger partial charge in [-0.1, -0.05) is 29.8 Å². The summed E-state index contributed by atoms with van der Waals surface area (Å²) in [6, 6.07) is 11.3. The Kier molecular flexibility index (Phi) is 4.13. The summed E-state index contributed by atoms with van der Waals surface area (Å²) in [5.41, 5.74) is 1.32. The molecular formula is C15H13ClN2O2S. The Labute approximate surface area is 130 Å². The second kappa shape index (κ2) is 6.20. The topological polar surface area (TPSA) is 54.1 Å². The number of hydrogen-bond donors (Lipinski definition) is 2. The van der Waals surface area contributed by atoms with Crippen LogP contribution in [0.15, 0.2) is 41.8 Å². The SMILES string of the molecule is O=C(NCCOc1ccccc1)c1cc2scc(Cl)c2[nH]1. The van der Waals surface area contributed by atoms with Crippen LogP contribution in [-0.2, 0) is 0 Å². The fraction of sp³-hybridized carbons (Fsp3) is 0.133. The Morgan fingerprint density at radius 3 is 2.90 bits per heavy atom. The monoisotopic (exact) mass is 320 g/mol. The highest BCUT2D eigenvalue weighted by molar-refractivity contribution is 7.17. The number of thiophene rings is 1. The molecular weight excluding hydrogens is 308 g/mol. The van der Waals surface area contributed by atoms with Gasteiger partial charge in [-0.25, -0.2) is 0 Å². The first-order valence-corrected chi connectivity index (χ1v) is 7.71. The van der Waals surface area contributed by atoms with Gasteiger partial charge in [-0.3, -0.25) is 4.79 Å². The lowest BCUT2D eigenvalue weighted by Crippen LogP contribution is -2.28. The highest BCUT2D eigenvalue weighted by Crippen LogP contribution is 2.29. The molecule has 4 nitrogen and oxygen atoms in total. The molecule has 0 saturated carbocycles. The van der Waals surface area contributed by atoms with Gasteiger partial charge in [0.15, 0.2) is 0 Å². The number of H-pyrrole nitrogens is 1. The van der Waals surface area contributed by atoms with E-state index in [1.165, 1.54) is 11.3 Å². The Bertz CT molecular complexity index is 751. The van der Waals surface area contributed by atoms with Crippen LogP contribution >= 0.6 is 22.9 Å². The van der Waals surface area contributed by atoms with Crippen molar-refractivity contribution >= 4 is 39.1 Å². The molecule has 21 heavy (non-hydrogen) atoms. The molecule has 0 aliphatic carbocycles. The maximum absolute atomic E-state index is 12.0. The van der Waals surface area contributed by atoms with E-state index in [4.69, 9.17) is 16.3 Å². The Morgan fingerprint density at radius 1 is 1.33 bits per heavy atom. The third-order valence-corrected chi connectivity index (χ3v) is 4.31. The first-order valence-electron chi connectivity index (χ1n) is 6.46. The van der Waals surface area contributed by atoms with Crippen molar-refractivity contribution < 1.29 is 9.53 Å². The average Bonchev–Trinajstić information content (AvgIpc) is 3.07. The second-order valence-electron chi connectivity index (χ2n) is 4.42. The zero-order chi connectivity index (χ0) is 14.7. The van der Waals surface area contributed by atoms with Crippen molar-refractivity contribution in [2.45, 2.75) is 0 Å². The van der Waals surface area contributed by atoms with Crippen LogP contribution in [-0.4, -0.2) is 24.0 Å². The molecule has 108 valence electrons. The van der Waals surface area contributed by atoms with Crippen LogP contribution in [0.1, 0.15) is 10.5 Å². The molecule has 6 heteroatoms. The molecule has 3 rings (SSSR count). The van der Waals surface area contributed by atoms with Crippen molar-refractivity contribution in [3.8, 4) is 5.75 Å². The fourth-order valence-corrected chi connectivity index (χ4v) is 3.10. The molecule has 0 bridgehead atoms. The second-order valence-corrected chi connectivity index (χ2v) is 5.74. The summed E-state index contributed by atoms with van der Waals surface area (Å²) in [4.78, 5) is 15.0. The van der Waals surface area contributed by atoms with Crippen LogP contribution in [0.4, 0.5) is 0 Å². The standard InChI is InChI=1S/C15H13ClN2O2S/c16-11-9-21-13-8-12(18-14(11)13)15(19)17-6-7-20-10-4-2-1-3-5-10/h1-5,8-9,18H,6-7H2,(H,17,19). The maximum Gasteiger partial charge on any atom is 0.267 e. The lowest BCUT2D eigenvalue weighted by atomic mass is 10.3. The minimum Gasteiger partial charge on any atom is -0.492 e. The van der Waals surface area contributed by atoms with Crippen molar-refractivity contribution in [2.24, 2.45) is 0 Å². The van der Waals surface area contributed by atoms with Gasteiger partial charge in [0.25, 0.3) is 5.91 Å². The summed E-state index contributed by atoms with van der Waals surface area (Å²) in [6.07, 6.45) is 0. The maximum atomic E-state index is 12.0. The van der Waals surface area contributed by atoms with Crippen LogP contribution in [0.5, 0.6) is 5.75 Å². The van der Waals surface area contributed by atoms with E-state index < -0.39 is 0 Å². The summed E-state index contributed by atoms with van der Waals surface area (Å²) in [5, 5.41) is 5.29. The van der Waals surface area contributed by atoms with E-state index in [-0.39, 0.29) is 5.91 Å². The molecule has 0 aliphatic heterocycles. The molecule has 0 fully saturated rings. The molecule has 0 radical (unpaired) electrons. The number of benzene rings is 1. The van der Waals surface area contributed by atoms with Crippen molar-refractivity contribution in [1.82, 2.24) is 10.3 Å². The summed E-state index contributed by atoms with van der Waals surface area (Å²) in [5.74, 6) is 0.630. The van der Waals surface area contributed by atoms with Gasteiger partial charge in [0, 0.05) is 5.38 Å². The van der Waals surface area contributed by atoms with Gasteiger partial charge in [-0.2, -0.15) is 0 Å². The Balaban J connectivity index is 1.52. The molecule has 2 heterocycles. The quantitative estimate of drug-likeness (QED) is 0.704. The molecule has 0 spiro atoms. The van der Waals surface area contributed by atoms with Gasteiger partial charge < -0.3 is 15.0 Å². The van der Waals surface area contributed by atoms with Crippen molar-refractivity contribution in [3.05, 3.63) is 52.5 Å². The molecule has 0 atom stereocenters. The van der Waals surface area contributed by atoms with Crippen LogP contribution in [0, 0.1) is 0 Å². The molecule has 1 aromatic carbocycles. The van der Waals surface area contributed by atoms with E-state index in [9.17, 15) is 4.79 Å². The number of nitrogens with one attached hydrogen (secondary N) is 2. The number of para-hydroxylation sites is 1. The Hall–Kier alpha value is -1.98. The minimum atomic E-state index is -0.161. The van der Waals surface area contributed by atoms with Crippen molar-refractivity contribution in [3.63, 3.8) is 0 Å². The summed E-state index contributed by atoms with van der Waals surface area (Å²) in [7, 11) is 0. The normalized spacial score (nSPS) is 10.7. The smallest absolute Gasteiger partial charge is 0.267 e. The summed E-state index contributed by atoms with van der Waals surface area (Å²) >= 11 is 7.52. The van der Waals surface area contributed by atoms with E-state index in [0.717, 1.165) is 16.0 Å². The minimum absolute atomic E-state index is 0.161. The number of ether oxygens (including phenoxy) is 1.